The highest BCUT2D eigenvalue weighted by Gasteiger charge is 2.01. The van der Waals surface area contributed by atoms with Gasteiger partial charge < -0.3 is 5.73 Å². The topological polar surface area (TPSA) is 38.9 Å². The third-order valence-electron chi connectivity index (χ3n) is 1.95. The molecule has 66 valence electrons. The summed E-state index contributed by atoms with van der Waals surface area (Å²) in [7, 11) is 0. The van der Waals surface area contributed by atoms with Crippen LogP contribution in [0, 0.1) is 12.7 Å². The molecule has 0 fully saturated rings. The minimum Gasteiger partial charge on any atom is -0.383 e. The highest BCUT2D eigenvalue weighted by molar-refractivity contribution is 5.91. The summed E-state index contributed by atoms with van der Waals surface area (Å²) < 4.78 is 12.8. The maximum absolute atomic E-state index is 12.8. The van der Waals surface area contributed by atoms with Crippen LogP contribution in [0.2, 0.25) is 0 Å². The van der Waals surface area contributed by atoms with Crippen molar-refractivity contribution in [2.24, 2.45) is 0 Å². The Labute approximate surface area is 75.2 Å². The molecule has 2 aromatic rings. The SMILES string of the molecule is Cc1cc2cc(F)ccc2c(N)n1. The van der Waals surface area contributed by atoms with Gasteiger partial charge in [0.25, 0.3) is 0 Å². The van der Waals surface area contributed by atoms with Crippen LogP contribution in [0.3, 0.4) is 0 Å². The number of nitrogen functional groups attached to an aromatic ring is 1. The number of benzene rings is 1. The van der Waals surface area contributed by atoms with Gasteiger partial charge >= 0.3 is 0 Å². The average molecular weight is 176 g/mol. The Balaban J connectivity index is 2.86. The van der Waals surface area contributed by atoms with Gasteiger partial charge in [0.2, 0.25) is 0 Å². The molecular formula is C10H9FN2. The molecule has 0 spiro atoms. The lowest BCUT2D eigenvalue weighted by Crippen LogP contribution is -1.93. The summed E-state index contributed by atoms with van der Waals surface area (Å²) in [5.41, 5.74) is 6.48. The molecule has 0 atom stereocenters. The number of nitrogens with two attached hydrogens (primary N) is 1. The van der Waals surface area contributed by atoms with Crippen molar-refractivity contribution < 1.29 is 4.39 Å². The lowest BCUT2D eigenvalue weighted by molar-refractivity contribution is 0.630. The molecule has 0 radical (unpaired) electrons. The third-order valence-corrected chi connectivity index (χ3v) is 1.95. The van der Waals surface area contributed by atoms with Crippen LogP contribution in [0.5, 0.6) is 0 Å². The van der Waals surface area contributed by atoms with Crippen LogP contribution in [0.1, 0.15) is 5.69 Å². The summed E-state index contributed by atoms with van der Waals surface area (Å²) in [5, 5.41) is 1.59. The number of rotatable bonds is 0. The van der Waals surface area contributed by atoms with Gasteiger partial charge in [0.1, 0.15) is 11.6 Å². The fraction of sp³-hybridized carbons (Fsp3) is 0.100. The van der Waals surface area contributed by atoms with Crippen LogP contribution in [0.4, 0.5) is 10.2 Å². The zero-order chi connectivity index (χ0) is 9.42. The summed E-state index contributed by atoms with van der Waals surface area (Å²) in [4.78, 5) is 4.09. The Morgan fingerprint density at radius 3 is 2.85 bits per heavy atom. The Kier molecular flexibility index (Phi) is 1.65. The van der Waals surface area contributed by atoms with Crippen LogP contribution in [0.25, 0.3) is 10.8 Å². The molecule has 0 aliphatic heterocycles. The molecule has 0 amide bonds. The normalized spacial score (nSPS) is 10.6. The second kappa shape index (κ2) is 2.69. The van der Waals surface area contributed by atoms with Crippen LogP contribution < -0.4 is 5.73 Å². The number of halogens is 1. The summed E-state index contributed by atoms with van der Waals surface area (Å²) in [6, 6.07) is 6.30. The summed E-state index contributed by atoms with van der Waals surface area (Å²) >= 11 is 0. The quantitative estimate of drug-likeness (QED) is 0.668. The summed E-state index contributed by atoms with van der Waals surface area (Å²) in [5.74, 6) is 0.201. The van der Waals surface area contributed by atoms with Crippen molar-refractivity contribution >= 4 is 16.6 Å². The Hall–Kier alpha value is -1.64. The van der Waals surface area contributed by atoms with Gasteiger partial charge in [-0.15, -0.1) is 0 Å². The molecule has 2 N–H and O–H groups in total. The van der Waals surface area contributed by atoms with E-state index in [4.69, 9.17) is 5.73 Å². The van der Waals surface area contributed by atoms with Crippen molar-refractivity contribution in [2.45, 2.75) is 6.92 Å². The molecule has 1 aromatic heterocycles. The van der Waals surface area contributed by atoms with Crippen LogP contribution in [0.15, 0.2) is 24.3 Å². The van der Waals surface area contributed by atoms with E-state index in [1.165, 1.54) is 12.1 Å². The predicted octanol–water partition coefficient (Wildman–Crippen LogP) is 2.26. The van der Waals surface area contributed by atoms with E-state index in [1.54, 1.807) is 6.07 Å². The number of pyridine rings is 1. The minimum atomic E-state index is -0.252. The maximum atomic E-state index is 12.8. The lowest BCUT2D eigenvalue weighted by atomic mass is 10.1. The van der Waals surface area contributed by atoms with E-state index in [2.05, 4.69) is 4.98 Å². The van der Waals surface area contributed by atoms with Crippen molar-refractivity contribution in [1.82, 2.24) is 4.98 Å². The van der Waals surface area contributed by atoms with Crippen LogP contribution in [-0.4, -0.2) is 4.98 Å². The molecule has 0 saturated carbocycles. The maximum Gasteiger partial charge on any atom is 0.131 e. The van der Waals surface area contributed by atoms with Crippen molar-refractivity contribution in [2.75, 3.05) is 5.73 Å². The van der Waals surface area contributed by atoms with Gasteiger partial charge in [0.15, 0.2) is 0 Å². The fourth-order valence-corrected chi connectivity index (χ4v) is 1.39. The van der Waals surface area contributed by atoms with Gasteiger partial charge in [-0.05, 0) is 36.6 Å². The molecule has 0 aliphatic rings. The van der Waals surface area contributed by atoms with Gasteiger partial charge in [0.05, 0.1) is 0 Å². The van der Waals surface area contributed by atoms with Gasteiger partial charge in [0, 0.05) is 11.1 Å². The number of anilines is 1. The first kappa shape index (κ1) is 7.98. The average Bonchev–Trinajstić information content (AvgIpc) is 2.02. The first-order valence-corrected chi connectivity index (χ1v) is 3.99. The Morgan fingerprint density at radius 1 is 1.31 bits per heavy atom. The molecular weight excluding hydrogens is 167 g/mol. The molecule has 0 aliphatic carbocycles. The monoisotopic (exact) mass is 176 g/mol. The van der Waals surface area contributed by atoms with Gasteiger partial charge in [-0.3, -0.25) is 0 Å². The van der Waals surface area contributed by atoms with E-state index in [9.17, 15) is 4.39 Å². The van der Waals surface area contributed by atoms with Crippen molar-refractivity contribution in [3.05, 3.63) is 35.8 Å². The molecule has 3 heteroatoms. The Morgan fingerprint density at radius 2 is 2.08 bits per heavy atom. The van der Waals surface area contributed by atoms with E-state index in [0.29, 0.717) is 5.82 Å². The second-order valence-corrected chi connectivity index (χ2v) is 3.01. The molecule has 1 aromatic carbocycles. The zero-order valence-electron chi connectivity index (χ0n) is 7.21. The first-order chi connectivity index (χ1) is 6.16. The highest BCUT2D eigenvalue weighted by atomic mass is 19.1. The lowest BCUT2D eigenvalue weighted by Gasteiger charge is -2.02. The van der Waals surface area contributed by atoms with E-state index in [0.717, 1.165) is 16.5 Å². The zero-order valence-corrected chi connectivity index (χ0v) is 7.21. The molecule has 1 heterocycles. The van der Waals surface area contributed by atoms with E-state index in [1.807, 2.05) is 13.0 Å². The molecule has 13 heavy (non-hydrogen) atoms. The van der Waals surface area contributed by atoms with Gasteiger partial charge in [-0.25, -0.2) is 9.37 Å². The van der Waals surface area contributed by atoms with Crippen LogP contribution >= 0.6 is 0 Å². The van der Waals surface area contributed by atoms with Crippen LogP contribution in [-0.2, 0) is 0 Å². The molecule has 0 bridgehead atoms. The molecule has 2 nitrogen and oxygen atoms in total. The number of nitrogens with zero attached hydrogens (tertiary/aromatic N) is 1. The number of fused-ring (bicyclic) bond motifs is 1. The molecule has 2 rings (SSSR count). The summed E-state index contributed by atoms with van der Waals surface area (Å²) in [6.45, 7) is 1.83. The number of hydrogen-bond donors (Lipinski definition) is 1. The van der Waals surface area contributed by atoms with E-state index in [-0.39, 0.29) is 5.82 Å². The number of aromatic nitrogens is 1. The Bertz CT molecular complexity index is 460. The van der Waals surface area contributed by atoms with E-state index >= 15 is 0 Å². The fourth-order valence-electron chi connectivity index (χ4n) is 1.39. The van der Waals surface area contributed by atoms with Gasteiger partial charge in [-0.2, -0.15) is 0 Å². The molecule has 0 unspecified atom stereocenters. The summed E-state index contributed by atoms with van der Waals surface area (Å²) in [6.07, 6.45) is 0. The highest BCUT2D eigenvalue weighted by Crippen LogP contribution is 2.20. The van der Waals surface area contributed by atoms with Crippen molar-refractivity contribution in [3.63, 3.8) is 0 Å². The van der Waals surface area contributed by atoms with Crippen molar-refractivity contribution in [3.8, 4) is 0 Å². The smallest absolute Gasteiger partial charge is 0.131 e. The van der Waals surface area contributed by atoms with Crippen molar-refractivity contribution in [1.29, 1.82) is 0 Å². The first-order valence-electron chi connectivity index (χ1n) is 3.99. The third kappa shape index (κ3) is 1.33. The standard InChI is InChI=1S/C10H9FN2/c1-6-4-7-5-8(11)2-3-9(7)10(12)13-6/h2-5H,1H3,(H2,12,13). The van der Waals surface area contributed by atoms with Gasteiger partial charge in [-0.1, -0.05) is 0 Å². The minimum absolute atomic E-state index is 0.252. The predicted molar refractivity (Wildman–Crippen MR) is 50.9 cm³/mol. The van der Waals surface area contributed by atoms with E-state index < -0.39 is 0 Å². The largest absolute Gasteiger partial charge is 0.383 e. The number of aryl methyl sites for hydroxylation is 1. The number of hydrogen-bond acceptors (Lipinski definition) is 2. The molecule has 0 saturated heterocycles. The second-order valence-electron chi connectivity index (χ2n) is 3.01.